The lowest BCUT2D eigenvalue weighted by molar-refractivity contribution is 0.0725. The van der Waals surface area contributed by atoms with Gasteiger partial charge >= 0.3 is 0 Å². The van der Waals surface area contributed by atoms with E-state index < -0.39 is 0 Å². The number of rotatable bonds is 4. The first-order valence-corrected chi connectivity index (χ1v) is 8.89. The number of hydrogen-bond acceptors (Lipinski definition) is 2. The van der Waals surface area contributed by atoms with Crippen LogP contribution < -0.4 is 5.32 Å². The summed E-state index contributed by atoms with van der Waals surface area (Å²) in [6.07, 6.45) is 3.39. The average Bonchev–Trinajstić information content (AvgIpc) is 2.60. The van der Waals surface area contributed by atoms with Crippen molar-refractivity contribution in [3.8, 4) is 0 Å². The Labute approximate surface area is 148 Å². The molecule has 0 aliphatic carbocycles. The summed E-state index contributed by atoms with van der Waals surface area (Å²) in [6.45, 7) is 4.44. The lowest BCUT2D eigenvalue weighted by Crippen LogP contribution is -2.36. The molecule has 1 N–H and O–H groups in total. The van der Waals surface area contributed by atoms with Gasteiger partial charge in [-0.25, -0.2) is 0 Å². The number of benzene rings is 2. The van der Waals surface area contributed by atoms with Crippen molar-refractivity contribution in [2.45, 2.75) is 32.7 Å². The molecule has 3 rings (SSSR count). The van der Waals surface area contributed by atoms with Crippen LogP contribution in [0.2, 0.25) is 5.02 Å². The van der Waals surface area contributed by atoms with E-state index in [2.05, 4.69) is 30.4 Å². The number of nitrogens with one attached hydrogen (secondary N) is 1. The molecule has 24 heavy (non-hydrogen) atoms. The van der Waals surface area contributed by atoms with Crippen LogP contribution >= 0.6 is 11.6 Å². The van der Waals surface area contributed by atoms with Crippen molar-refractivity contribution < 1.29 is 4.79 Å². The third kappa shape index (κ3) is 4.09. The van der Waals surface area contributed by atoms with E-state index in [1.165, 1.54) is 17.5 Å². The molecule has 4 heteroatoms. The zero-order valence-corrected chi connectivity index (χ0v) is 14.8. The van der Waals surface area contributed by atoms with Crippen molar-refractivity contribution >= 4 is 23.2 Å². The van der Waals surface area contributed by atoms with E-state index in [4.69, 9.17) is 11.6 Å². The monoisotopic (exact) mass is 342 g/mol. The van der Waals surface area contributed by atoms with E-state index in [9.17, 15) is 4.79 Å². The smallest absolute Gasteiger partial charge is 0.255 e. The maximum absolute atomic E-state index is 12.8. The molecular formula is C20H23ClN2O. The Hall–Kier alpha value is -2.00. The minimum absolute atomic E-state index is 0.0955. The fourth-order valence-corrected chi connectivity index (χ4v) is 3.31. The van der Waals surface area contributed by atoms with Gasteiger partial charge in [0.1, 0.15) is 0 Å². The highest BCUT2D eigenvalue weighted by Crippen LogP contribution is 2.24. The van der Waals surface area contributed by atoms with E-state index in [0.29, 0.717) is 17.1 Å². The van der Waals surface area contributed by atoms with Gasteiger partial charge in [-0.15, -0.1) is 0 Å². The first kappa shape index (κ1) is 16.8. The van der Waals surface area contributed by atoms with Crippen LogP contribution in [0.5, 0.6) is 0 Å². The number of carbonyl (C=O) groups excluding carboxylic acids is 1. The van der Waals surface area contributed by atoms with Gasteiger partial charge in [0.25, 0.3) is 5.91 Å². The predicted octanol–water partition coefficient (Wildman–Crippen LogP) is 4.89. The molecule has 2 aromatic carbocycles. The number of hydrogen-bond donors (Lipinski definition) is 1. The fourth-order valence-electron chi connectivity index (χ4n) is 3.14. The third-order valence-electron chi connectivity index (χ3n) is 4.42. The van der Waals surface area contributed by atoms with E-state index in [1.54, 1.807) is 6.07 Å². The molecule has 1 saturated heterocycles. The second-order valence-corrected chi connectivity index (χ2v) is 6.82. The number of piperidine rings is 1. The Morgan fingerprint density at radius 3 is 2.67 bits per heavy atom. The number of aryl methyl sites for hydroxylation is 1. The number of likely N-dealkylation sites (tertiary alicyclic amines) is 1. The molecule has 0 saturated carbocycles. The number of carbonyl (C=O) groups is 1. The third-order valence-corrected chi connectivity index (χ3v) is 4.66. The second-order valence-electron chi connectivity index (χ2n) is 6.39. The summed E-state index contributed by atoms with van der Waals surface area (Å²) >= 11 is 6.15. The summed E-state index contributed by atoms with van der Waals surface area (Å²) in [5, 5.41) is 4.02. The van der Waals surface area contributed by atoms with Gasteiger partial charge in [0.15, 0.2) is 0 Å². The maximum atomic E-state index is 12.8. The van der Waals surface area contributed by atoms with Gasteiger partial charge in [0, 0.05) is 30.3 Å². The molecule has 0 radical (unpaired) electrons. The summed E-state index contributed by atoms with van der Waals surface area (Å²) in [4.78, 5) is 14.8. The Bertz CT molecular complexity index is 723. The van der Waals surface area contributed by atoms with Crippen molar-refractivity contribution in [1.82, 2.24) is 4.90 Å². The van der Waals surface area contributed by atoms with E-state index in [-0.39, 0.29) is 5.91 Å². The van der Waals surface area contributed by atoms with Crippen LogP contribution in [0.1, 0.15) is 40.7 Å². The lowest BCUT2D eigenvalue weighted by atomic mass is 10.1. The van der Waals surface area contributed by atoms with Crippen LogP contribution in [0.25, 0.3) is 0 Å². The van der Waals surface area contributed by atoms with Crippen molar-refractivity contribution in [3.63, 3.8) is 0 Å². The van der Waals surface area contributed by atoms with Crippen LogP contribution in [0.15, 0.2) is 42.5 Å². The number of halogens is 1. The minimum atomic E-state index is 0.0955. The zero-order valence-electron chi connectivity index (χ0n) is 14.0. The molecule has 1 heterocycles. The Morgan fingerprint density at radius 2 is 1.92 bits per heavy atom. The first-order chi connectivity index (χ1) is 11.6. The van der Waals surface area contributed by atoms with Gasteiger partial charge in [-0.05, 0) is 49.9 Å². The summed E-state index contributed by atoms with van der Waals surface area (Å²) in [5.41, 5.74) is 3.92. The molecule has 2 aromatic rings. The summed E-state index contributed by atoms with van der Waals surface area (Å²) < 4.78 is 0. The minimum Gasteiger partial charge on any atom is -0.380 e. The Balaban J connectivity index is 1.78. The summed E-state index contributed by atoms with van der Waals surface area (Å²) in [6, 6.07) is 13.8. The predicted molar refractivity (Wildman–Crippen MR) is 99.7 cm³/mol. The van der Waals surface area contributed by atoms with Crippen LogP contribution in [0.4, 0.5) is 5.69 Å². The summed E-state index contributed by atoms with van der Waals surface area (Å²) in [7, 11) is 0. The van der Waals surface area contributed by atoms with Gasteiger partial charge in [-0.3, -0.25) is 4.79 Å². The standard InChI is InChI=1S/C20H23ClN2O/c1-15-6-5-7-16(12-15)14-22-19-13-17(21)8-9-18(19)20(24)23-10-3-2-4-11-23/h5-9,12-13,22H,2-4,10-11,14H2,1H3. The van der Waals surface area contributed by atoms with Crippen molar-refractivity contribution in [2.24, 2.45) is 0 Å². The number of amides is 1. The first-order valence-electron chi connectivity index (χ1n) is 8.52. The van der Waals surface area contributed by atoms with Gasteiger partial charge in [-0.1, -0.05) is 41.4 Å². The highest BCUT2D eigenvalue weighted by molar-refractivity contribution is 6.31. The molecular weight excluding hydrogens is 320 g/mol. The molecule has 0 aromatic heterocycles. The molecule has 1 aliphatic heterocycles. The lowest BCUT2D eigenvalue weighted by Gasteiger charge is -2.27. The Kier molecular flexibility index (Phi) is 5.41. The SMILES string of the molecule is Cc1cccc(CNc2cc(Cl)ccc2C(=O)N2CCCCC2)c1. The molecule has 126 valence electrons. The van der Waals surface area contributed by atoms with Crippen molar-refractivity contribution in [1.29, 1.82) is 0 Å². The van der Waals surface area contributed by atoms with Gasteiger partial charge in [0.05, 0.1) is 5.56 Å². The zero-order chi connectivity index (χ0) is 16.9. The molecule has 1 aliphatic rings. The largest absolute Gasteiger partial charge is 0.380 e. The summed E-state index contributed by atoms with van der Waals surface area (Å²) in [5.74, 6) is 0.0955. The average molecular weight is 343 g/mol. The topological polar surface area (TPSA) is 32.3 Å². The molecule has 3 nitrogen and oxygen atoms in total. The molecule has 1 amide bonds. The van der Waals surface area contributed by atoms with Gasteiger partial charge in [0.2, 0.25) is 0 Å². The van der Waals surface area contributed by atoms with Crippen molar-refractivity contribution in [2.75, 3.05) is 18.4 Å². The van der Waals surface area contributed by atoms with Crippen LogP contribution in [0.3, 0.4) is 0 Å². The van der Waals surface area contributed by atoms with Crippen LogP contribution in [-0.4, -0.2) is 23.9 Å². The highest BCUT2D eigenvalue weighted by Gasteiger charge is 2.20. The molecule has 0 spiro atoms. The van der Waals surface area contributed by atoms with E-state index in [0.717, 1.165) is 31.6 Å². The quantitative estimate of drug-likeness (QED) is 0.858. The Morgan fingerprint density at radius 1 is 1.12 bits per heavy atom. The van der Waals surface area contributed by atoms with Gasteiger partial charge < -0.3 is 10.2 Å². The second kappa shape index (κ2) is 7.71. The van der Waals surface area contributed by atoms with E-state index in [1.807, 2.05) is 23.1 Å². The highest BCUT2D eigenvalue weighted by atomic mass is 35.5. The van der Waals surface area contributed by atoms with E-state index >= 15 is 0 Å². The number of nitrogens with zero attached hydrogens (tertiary/aromatic N) is 1. The van der Waals surface area contributed by atoms with Crippen LogP contribution in [-0.2, 0) is 6.54 Å². The van der Waals surface area contributed by atoms with Gasteiger partial charge in [-0.2, -0.15) is 0 Å². The van der Waals surface area contributed by atoms with Crippen molar-refractivity contribution in [3.05, 3.63) is 64.2 Å². The molecule has 0 unspecified atom stereocenters. The molecule has 0 atom stereocenters. The molecule has 1 fully saturated rings. The maximum Gasteiger partial charge on any atom is 0.255 e. The fraction of sp³-hybridized carbons (Fsp3) is 0.350. The van der Waals surface area contributed by atoms with Crippen LogP contribution in [0, 0.1) is 6.92 Å². The normalized spacial score (nSPS) is 14.5. The number of anilines is 1. The molecule has 0 bridgehead atoms.